The van der Waals surface area contributed by atoms with E-state index in [-0.39, 0.29) is 23.7 Å². The number of anilines is 1. The predicted molar refractivity (Wildman–Crippen MR) is 79.1 cm³/mol. The van der Waals surface area contributed by atoms with E-state index in [2.05, 4.69) is 0 Å². The van der Waals surface area contributed by atoms with Gasteiger partial charge in [-0.2, -0.15) is 0 Å². The lowest BCUT2D eigenvalue weighted by Gasteiger charge is -2.19. The molecule has 2 bridgehead atoms. The Morgan fingerprint density at radius 1 is 1.00 bits per heavy atom. The molecule has 3 aliphatic rings. The van der Waals surface area contributed by atoms with Crippen LogP contribution in [0.5, 0.6) is 0 Å². The first kappa shape index (κ1) is 13.2. The zero-order valence-corrected chi connectivity index (χ0v) is 12.6. The zero-order valence-electron chi connectivity index (χ0n) is 11.8. The molecule has 5 atom stereocenters. The summed E-state index contributed by atoms with van der Waals surface area (Å²) < 4.78 is 11.4. The number of rotatable bonds is 2. The smallest absolute Gasteiger partial charge is 0.237 e. The Hall–Kier alpha value is -1.49. The minimum Gasteiger partial charge on any atom is -0.274 e. The van der Waals surface area contributed by atoms with E-state index in [9.17, 15) is 13.8 Å². The maximum atomic E-state index is 12.7. The van der Waals surface area contributed by atoms with Gasteiger partial charge in [0.2, 0.25) is 11.8 Å². The molecule has 1 saturated heterocycles. The molecule has 21 heavy (non-hydrogen) atoms. The highest BCUT2D eigenvalue weighted by molar-refractivity contribution is 7.84. The van der Waals surface area contributed by atoms with Gasteiger partial charge in [-0.05, 0) is 55.4 Å². The second kappa shape index (κ2) is 4.50. The second-order valence-corrected chi connectivity index (χ2v) is 7.72. The first-order chi connectivity index (χ1) is 10.1. The van der Waals surface area contributed by atoms with E-state index in [4.69, 9.17) is 0 Å². The summed E-state index contributed by atoms with van der Waals surface area (Å²) in [5, 5.41) is 0. The number of carbonyl (C=O) groups is 2. The summed E-state index contributed by atoms with van der Waals surface area (Å²) in [6.45, 7) is 0. The molecule has 2 saturated carbocycles. The summed E-state index contributed by atoms with van der Waals surface area (Å²) >= 11 is 0. The minimum atomic E-state index is -1.05. The maximum absolute atomic E-state index is 12.7. The summed E-state index contributed by atoms with van der Waals surface area (Å²) in [6, 6.07) is 6.92. The molecule has 0 N–H and O–H groups in total. The minimum absolute atomic E-state index is 0.0254. The second-order valence-electron chi connectivity index (χ2n) is 6.34. The number of imide groups is 1. The van der Waals surface area contributed by atoms with Gasteiger partial charge in [0, 0.05) is 22.0 Å². The highest BCUT2D eigenvalue weighted by Gasteiger charge is 2.61. The van der Waals surface area contributed by atoms with E-state index in [1.807, 2.05) is 0 Å². The van der Waals surface area contributed by atoms with Crippen molar-refractivity contribution in [2.24, 2.45) is 23.7 Å². The third kappa shape index (κ3) is 1.76. The van der Waals surface area contributed by atoms with Crippen LogP contribution >= 0.6 is 0 Å². The molecular formula is C16H17NO3S. The van der Waals surface area contributed by atoms with Gasteiger partial charge in [0.25, 0.3) is 0 Å². The van der Waals surface area contributed by atoms with E-state index < -0.39 is 10.8 Å². The summed E-state index contributed by atoms with van der Waals surface area (Å²) in [5.41, 5.74) is 0.619. The number of hydrogen-bond acceptors (Lipinski definition) is 3. The molecular weight excluding hydrogens is 286 g/mol. The molecule has 5 unspecified atom stereocenters. The Balaban J connectivity index is 1.68. The Kier molecular flexibility index (Phi) is 2.83. The lowest BCUT2D eigenvalue weighted by molar-refractivity contribution is -0.123. The lowest BCUT2D eigenvalue weighted by Crippen LogP contribution is -2.32. The molecule has 2 amide bonds. The number of hydrogen-bond donors (Lipinski definition) is 0. The van der Waals surface area contributed by atoms with E-state index in [0.717, 1.165) is 19.3 Å². The fraction of sp³-hybridized carbons (Fsp3) is 0.500. The molecule has 4 nitrogen and oxygen atoms in total. The number of carbonyl (C=O) groups excluding carboxylic acids is 2. The fourth-order valence-corrected chi connectivity index (χ4v) is 4.97. The molecule has 0 spiro atoms. The molecule has 0 radical (unpaired) electrons. The van der Waals surface area contributed by atoms with Crippen LogP contribution in [0.3, 0.4) is 0 Å². The van der Waals surface area contributed by atoms with Gasteiger partial charge in [-0.1, -0.05) is 0 Å². The SMILES string of the molecule is CS(=O)c1ccc(N2C(=O)C3C4CCC(C4)C3C2=O)cc1. The highest BCUT2D eigenvalue weighted by atomic mass is 32.2. The normalized spacial score (nSPS) is 35.4. The van der Waals surface area contributed by atoms with Crippen molar-refractivity contribution in [3.63, 3.8) is 0 Å². The molecule has 110 valence electrons. The van der Waals surface area contributed by atoms with E-state index in [1.165, 1.54) is 4.90 Å². The zero-order chi connectivity index (χ0) is 14.7. The van der Waals surface area contributed by atoms with Crippen LogP contribution in [-0.4, -0.2) is 22.3 Å². The first-order valence-corrected chi connectivity index (χ1v) is 8.95. The molecule has 1 aliphatic heterocycles. The van der Waals surface area contributed by atoms with Crippen LogP contribution in [0.1, 0.15) is 19.3 Å². The van der Waals surface area contributed by atoms with Crippen LogP contribution < -0.4 is 4.90 Å². The molecule has 3 fully saturated rings. The average Bonchev–Trinajstić information content (AvgIpc) is 3.13. The van der Waals surface area contributed by atoms with Crippen molar-refractivity contribution in [3.05, 3.63) is 24.3 Å². The van der Waals surface area contributed by atoms with Gasteiger partial charge in [-0.25, -0.2) is 0 Å². The average molecular weight is 303 g/mol. The fourth-order valence-electron chi connectivity index (χ4n) is 4.45. The quantitative estimate of drug-likeness (QED) is 0.785. The van der Waals surface area contributed by atoms with Crippen LogP contribution in [-0.2, 0) is 20.4 Å². The standard InChI is InChI=1S/C16H17NO3S/c1-21(20)12-6-4-11(5-7-12)17-15(18)13-9-2-3-10(8-9)14(13)16(17)19/h4-7,9-10,13-14H,2-3,8H2,1H3. The predicted octanol–water partition coefficient (Wildman–Crippen LogP) is 1.96. The molecule has 1 aromatic rings. The summed E-state index contributed by atoms with van der Waals surface area (Å²) in [7, 11) is -1.05. The van der Waals surface area contributed by atoms with Gasteiger partial charge in [0.15, 0.2) is 0 Å². The van der Waals surface area contributed by atoms with Gasteiger partial charge in [0.05, 0.1) is 17.5 Å². The Labute approximate surface area is 126 Å². The number of nitrogens with zero attached hydrogens (tertiary/aromatic N) is 1. The first-order valence-electron chi connectivity index (χ1n) is 7.39. The van der Waals surface area contributed by atoms with E-state index >= 15 is 0 Å². The summed E-state index contributed by atoms with van der Waals surface area (Å²) in [4.78, 5) is 27.4. The van der Waals surface area contributed by atoms with Crippen LogP contribution in [0, 0.1) is 23.7 Å². The van der Waals surface area contributed by atoms with Crippen LogP contribution in [0.2, 0.25) is 0 Å². The lowest BCUT2D eigenvalue weighted by atomic mass is 9.81. The van der Waals surface area contributed by atoms with Crippen molar-refractivity contribution >= 4 is 28.3 Å². The van der Waals surface area contributed by atoms with Crippen molar-refractivity contribution in [3.8, 4) is 0 Å². The van der Waals surface area contributed by atoms with Crippen molar-refractivity contribution in [1.29, 1.82) is 0 Å². The van der Waals surface area contributed by atoms with Gasteiger partial charge < -0.3 is 0 Å². The topological polar surface area (TPSA) is 54.5 Å². The number of amides is 2. The van der Waals surface area contributed by atoms with Crippen LogP contribution in [0.25, 0.3) is 0 Å². The summed E-state index contributed by atoms with van der Waals surface area (Å²) in [5.74, 6) is 0.588. The van der Waals surface area contributed by atoms with Gasteiger partial charge in [0.1, 0.15) is 0 Å². The van der Waals surface area contributed by atoms with E-state index in [0.29, 0.717) is 22.4 Å². The Morgan fingerprint density at radius 3 is 2.00 bits per heavy atom. The highest BCUT2D eigenvalue weighted by Crippen LogP contribution is 2.56. The van der Waals surface area contributed by atoms with Crippen molar-refractivity contribution in [2.75, 3.05) is 11.2 Å². The summed E-state index contributed by atoms with van der Waals surface area (Å²) in [6.07, 6.45) is 4.84. The molecule has 2 aliphatic carbocycles. The van der Waals surface area contributed by atoms with Crippen LogP contribution in [0.15, 0.2) is 29.2 Å². The third-order valence-electron chi connectivity index (χ3n) is 5.35. The van der Waals surface area contributed by atoms with Crippen LogP contribution in [0.4, 0.5) is 5.69 Å². The maximum Gasteiger partial charge on any atom is 0.237 e. The molecule has 5 heteroatoms. The molecule has 1 aromatic carbocycles. The Morgan fingerprint density at radius 2 is 1.52 bits per heavy atom. The Bertz CT molecular complexity index is 626. The van der Waals surface area contributed by atoms with Crippen molar-refractivity contribution in [2.45, 2.75) is 24.2 Å². The van der Waals surface area contributed by atoms with Gasteiger partial charge in [-0.15, -0.1) is 0 Å². The third-order valence-corrected chi connectivity index (χ3v) is 6.29. The van der Waals surface area contributed by atoms with Crippen molar-refractivity contribution < 1.29 is 13.8 Å². The molecule has 1 heterocycles. The van der Waals surface area contributed by atoms with Gasteiger partial charge in [-0.3, -0.25) is 18.7 Å². The monoisotopic (exact) mass is 303 g/mol. The largest absolute Gasteiger partial charge is 0.274 e. The number of fused-ring (bicyclic) bond motifs is 5. The van der Waals surface area contributed by atoms with E-state index in [1.54, 1.807) is 30.5 Å². The molecule has 4 rings (SSSR count). The molecule has 0 aromatic heterocycles. The van der Waals surface area contributed by atoms with Crippen molar-refractivity contribution in [1.82, 2.24) is 0 Å². The van der Waals surface area contributed by atoms with Gasteiger partial charge >= 0.3 is 0 Å². The number of benzene rings is 1.